The third-order valence-electron chi connectivity index (χ3n) is 2.88. The fraction of sp³-hybridized carbons (Fsp3) is 0.889. The molecule has 0 aromatic heterocycles. The second kappa shape index (κ2) is 3.18. The van der Waals surface area contributed by atoms with E-state index in [1.807, 2.05) is 4.90 Å². The molecule has 13 heavy (non-hydrogen) atoms. The summed E-state index contributed by atoms with van der Waals surface area (Å²) in [5.74, 6) is 0. The molecule has 4 nitrogen and oxygen atoms in total. The number of fused-ring (bicyclic) bond motifs is 1. The average Bonchev–Trinajstić information content (AvgIpc) is 2.47. The number of piperazine rings is 1. The van der Waals surface area contributed by atoms with E-state index in [1.54, 1.807) is 0 Å². The molecule has 2 rings (SSSR count). The van der Waals surface area contributed by atoms with Crippen molar-refractivity contribution in [3.05, 3.63) is 0 Å². The van der Waals surface area contributed by atoms with Crippen molar-refractivity contribution in [1.29, 1.82) is 0 Å². The summed E-state index contributed by atoms with van der Waals surface area (Å²) in [6, 6.07) is 0.863. The largest absolute Gasteiger partial charge is 0.447 e. The molecule has 2 aliphatic rings. The van der Waals surface area contributed by atoms with E-state index in [-0.39, 0.29) is 6.09 Å². The van der Waals surface area contributed by atoms with Gasteiger partial charge in [-0.2, -0.15) is 0 Å². The molecule has 2 saturated heterocycles. The van der Waals surface area contributed by atoms with Gasteiger partial charge in [-0.15, -0.1) is 0 Å². The first-order valence-corrected chi connectivity index (χ1v) is 4.86. The summed E-state index contributed by atoms with van der Waals surface area (Å²) in [4.78, 5) is 15.4. The van der Waals surface area contributed by atoms with Gasteiger partial charge in [-0.05, 0) is 13.8 Å². The van der Waals surface area contributed by atoms with Gasteiger partial charge in [0.25, 0.3) is 0 Å². The first-order chi connectivity index (χ1) is 6.18. The molecular formula is C9H16N2O2. The Hall–Kier alpha value is -0.770. The molecule has 0 spiro atoms. The van der Waals surface area contributed by atoms with Crippen LogP contribution in [0.4, 0.5) is 4.79 Å². The number of carbonyl (C=O) groups excluding carboxylic acids is 1. The maximum Gasteiger partial charge on any atom is 0.410 e. The molecule has 0 aromatic carbocycles. The summed E-state index contributed by atoms with van der Waals surface area (Å²) in [5.41, 5.74) is 0. The second-order valence-corrected chi connectivity index (χ2v) is 4.01. The minimum absolute atomic E-state index is 0.131. The van der Waals surface area contributed by atoms with Crippen molar-refractivity contribution in [2.75, 3.05) is 26.2 Å². The SMILES string of the molecule is CC(C)N1CCN2C(=O)OCC2C1. The van der Waals surface area contributed by atoms with Crippen LogP contribution < -0.4 is 0 Å². The predicted octanol–water partition coefficient (Wildman–Crippen LogP) is 0.531. The highest BCUT2D eigenvalue weighted by atomic mass is 16.6. The number of hydrogen-bond acceptors (Lipinski definition) is 3. The normalized spacial score (nSPS) is 29.3. The van der Waals surface area contributed by atoms with Crippen molar-refractivity contribution >= 4 is 6.09 Å². The summed E-state index contributed by atoms with van der Waals surface area (Å²) in [6.07, 6.45) is -0.131. The molecule has 4 heteroatoms. The molecule has 0 N–H and O–H groups in total. The lowest BCUT2D eigenvalue weighted by Gasteiger charge is -2.37. The van der Waals surface area contributed by atoms with Crippen LogP contribution in [0.3, 0.4) is 0 Å². The van der Waals surface area contributed by atoms with Crippen molar-refractivity contribution in [2.45, 2.75) is 25.9 Å². The zero-order chi connectivity index (χ0) is 9.42. The number of ether oxygens (including phenoxy) is 1. The van der Waals surface area contributed by atoms with Gasteiger partial charge in [0.05, 0.1) is 6.04 Å². The quantitative estimate of drug-likeness (QED) is 0.596. The van der Waals surface area contributed by atoms with Gasteiger partial charge in [-0.25, -0.2) is 4.79 Å². The fourth-order valence-corrected chi connectivity index (χ4v) is 1.98. The number of hydrogen-bond donors (Lipinski definition) is 0. The van der Waals surface area contributed by atoms with E-state index in [4.69, 9.17) is 4.74 Å². The number of rotatable bonds is 1. The molecule has 74 valence electrons. The Morgan fingerprint density at radius 1 is 1.46 bits per heavy atom. The smallest absolute Gasteiger partial charge is 0.410 e. The lowest BCUT2D eigenvalue weighted by molar-refractivity contribution is 0.0994. The van der Waals surface area contributed by atoms with E-state index < -0.39 is 0 Å². The molecule has 0 aliphatic carbocycles. The van der Waals surface area contributed by atoms with Gasteiger partial charge in [0.15, 0.2) is 0 Å². The van der Waals surface area contributed by atoms with Crippen molar-refractivity contribution < 1.29 is 9.53 Å². The van der Waals surface area contributed by atoms with Crippen LogP contribution >= 0.6 is 0 Å². The molecule has 0 saturated carbocycles. The third-order valence-corrected chi connectivity index (χ3v) is 2.88. The van der Waals surface area contributed by atoms with Crippen LogP contribution in [0, 0.1) is 0 Å². The van der Waals surface area contributed by atoms with Gasteiger partial charge >= 0.3 is 6.09 Å². The summed E-state index contributed by atoms with van der Waals surface area (Å²) < 4.78 is 4.99. The Morgan fingerprint density at radius 2 is 2.23 bits per heavy atom. The van der Waals surface area contributed by atoms with Crippen LogP contribution in [-0.2, 0) is 4.74 Å². The van der Waals surface area contributed by atoms with E-state index in [9.17, 15) is 4.79 Å². The molecule has 0 aromatic rings. The van der Waals surface area contributed by atoms with Gasteiger partial charge < -0.3 is 4.74 Å². The minimum Gasteiger partial charge on any atom is -0.447 e. The van der Waals surface area contributed by atoms with Gasteiger partial charge in [-0.1, -0.05) is 0 Å². The number of amides is 1. The first kappa shape index (κ1) is 8.81. The summed E-state index contributed by atoms with van der Waals surface area (Å²) in [5, 5.41) is 0. The zero-order valence-electron chi connectivity index (χ0n) is 8.19. The Kier molecular flexibility index (Phi) is 2.15. The topological polar surface area (TPSA) is 32.8 Å². The third kappa shape index (κ3) is 1.50. The van der Waals surface area contributed by atoms with Gasteiger partial charge in [-0.3, -0.25) is 9.80 Å². The molecule has 2 heterocycles. The van der Waals surface area contributed by atoms with Crippen molar-refractivity contribution in [3.63, 3.8) is 0 Å². The molecule has 0 bridgehead atoms. The highest BCUT2D eigenvalue weighted by Crippen LogP contribution is 2.18. The number of cyclic esters (lactones) is 1. The van der Waals surface area contributed by atoms with Crippen LogP contribution in [0.2, 0.25) is 0 Å². The first-order valence-electron chi connectivity index (χ1n) is 4.86. The molecule has 1 unspecified atom stereocenters. The summed E-state index contributed by atoms with van der Waals surface area (Å²) >= 11 is 0. The molecular weight excluding hydrogens is 168 g/mol. The molecule has 1 atom stereocenters. The standard InChI is InChI=1S/C9H16N2O2/c1-7(2)10-3-4-11-8(5-10)6-13-9(11)12/h7-8H,3-6H2,1-2H3. The minimum atomic E-state index is -0.131. The summed E-state index contributed by atoms with van der Waals surface area (Å²) in [7, 11) is 0. The van der Waals surface area contributed by atoms with Crippen LogP contribution in [0.1, 0.15) is 13.8 Å². The Labute approximate surface area is 78.4 Å². The van der Waals surface area contributed by atoms with E-state index in [2.05, 4.69) is 18.7 Å². The maximum atomic E-state index is 11.2. The van der Waals surface area contributed by atoms with Crippen molar-refractivity contribution in [3.8, 4) is 0 Å². The highest BCUT2D eigenvalue weighted by Gasteiger charge is 2.37. The molecule has 1 amide bonds. The Balaban J connectivity index is 1.99. The zero-order valence-corrected chi connectivity index (χ0v) is 8.19. The second-order valence-electron chi connectivity index (χ2n) is 4.01. The predicted molar refractivity (Wildman–Crippen MR) is 48.6 cm³/mol. The molecule has 0 radical (unpaired) electrons. The lowest BCUT2D eigenvalue weighted by atomic mass is 10.1. The number of nitrogens with zero attached hydrogens (tertiary/aromatic N) is 2. The van der Waals surface area contributed by atoms with Crippen molar-refractivity contribution in [1.82, 2.24) is 9.80 Å². The van der Waals surface area contributed by atoms with Crippen LogP contribution in [0.25, 0.3) is 0 Å². The van der Waals surface area contributed by atoms with Gasteiger partial charge in [0, 0.05) is 25.7 Å². The van der Waals surface area contributed by atoms with E-state index in [0.717, 1.165) is 19.6 Å². The molecule has 2 aliphatic heterocycles. The van der Waals surface area contributed by atoms with Crippen LogP contribution in [-0.4, -0.2) is 54.2 Å². The highest BCUT2D eigenvalue weighted by molar-refractivity contribution is 5.70. The van der Waals surface area contributed by atoms with E-state index >= 15 is 0 Å². The van der Waals surface area contributed by atoms with Crippen LogP contribution in [0.5, 0.6) is 0 Å². The molecule has 2 fully saturated rings. The maximum absolute atomic E-state index is 11.2. The van der Waals surface area contributed by atoms with Crippen molar-refractivity contribution in [2.24, 2.45) is 0 Å². The average molecular weight is 184 g/mol. The number of carbonyl (C=O) groups is 1. The lowest BCUT2D eigenvalue weighted by Crippen LogP contribution is -2.53. The van der Waals surface area contributed by atoms with Gasteiger partial charge in [0.2, 0.25) is 0 Å². The monoisotopic (exact) mass is 184 g/mol. The summed E-state index contributed by atoms with van der Waals surface area (Å²) in [6.45, 7) is 7.71. The fourth-order valence-electron chi connectivity index (χ4n) is 1.98. The van der Waals surface area contributed by atoms with Gasteiger partial charge in [0.1, 0.15) is 6.61 Å². The Bertz CT molecular complexity index is 218. The Morgan fingerprint density at radius 3 is 2.92 bits per heavy atom. The van der Waals surface area contributed by atoms with E-state index in [1.165, 1.54) is 0 Å². The van der Waals surface area contributed by atoms with Crippen LogP contribution in [0.15, 0.2) is 0 Å². The van der Waals surface area contributed by atoms with E-state index in [0.29, 0.717) is 18.7 Å².